The molecule has 22 heavy (non-hydrogen) atoms. The molecule has 1 amide bonds. The Balaban J connectivity index is 1.58. The van der Waals surface area contributed by atoms with Crippen LogP contribution >= 0.6 is 0 Å². The van der Waals surface area contributed by atoms with E-state index in [9.17, 15) is 13.6 Å². The van der Waals surface area contributed by atoms with E-state index in [0.29, 0.717) is 44.0 Å². The third-order valence-electron chi connectivity index (χ3n) is 3.82. The Morgan fingerprint density at radius 2 is 1.86 bits per heavy atom. The van der Waals surface area contributed by atoms with Crippen LogP contribution in [0.3, 0.4) is 0 Å². The molecule has 2 heterocycles. The predicted octanol–water partition coefficient (Wildman–Crippen LogP) is 2.52. The molecule has 2 aromatic rings. The van der Waals surface area contributed by atoms with Crippen molar-refractivity contribution in [1.29, 1.82) is 0 Å². The molecule has 116 valence electrons. The normalized spacial score (nSPS) is 16.0. The van der Waals surface area contributed by atoms with E-state index in [0.717, 1.165) is 6.07 Å². The van der Waals surface area contributed by atoms with Gasteiger partial charge in [-0.15, -0.1) is 0 Å². The van der Waals surface area contributed by atoms with Crippen molar-refractivity contribution >= 4 is 5.91 Å². The Morgan fingerprint density at radius 1 is 1.09 bits per heavy atom. The van der Waals surface area contributed by atoms with Crippen LogP contribution in [0.4, 0.5) is 8.78 Å². The van der Waals surface area contributed by atoms with E-state index in [1.807, 2.05) is 4.90 Å². The highest BCUT2D eigenvalue weighted by Crippen LogP contribution is 2.16. The number of benzene rings is 1. The molecule has 0 saturated carbocycles. The number of furan rings is 1. The first-order chi connectivity index (χ1) is 10.6. The maximum atomic E-state index is 13.7. The number of rotatable bonds is 3. The summed E-state index contributed by atoms with van der Waals surface area (Å²) in [6, 6.07) is 7.51. The van der Waals surface area contributed by atoms with Crippen molar-refractivity contribution in [1.82, 2.24) is 9.80 Å². The average molecular weight is 306 g/mol. The molecule has 0 radical (unpaired) electrons. The van der Waals surface area contributed by atoms with Crippen molar-refractivity contribution in [3.63, 3.8) is 0 Å². The number of halogens is 2. The minimum atomic E-state index is -0.830. The summed E-state index contributed by atoms with van der Waals surface area (Å²) in [6.07, 6.45) is 1.47. The Labute approximate surface area is 126 Å². The monoisotopic (exact) mass is 306 g/mol. The zero-order valence-corrected chi connectivity index (χ0v) is 12.0. The summed E-state index contributed by atoms with van der Waals surface area (Å²) < 4.78 is 32.0. The van der Waals surface area contributed by atoms with Gasteiger partial charge in [0.05, 0.1) is 6.26 Å². The first kappa shape index (κ1) is 14.7. The molecular weight excluding hydrogens is 290 g/mol. The molecule has 0 N–H and O–H groups in total. The van der Waals surface area contributed by atoms with Crippen LogP contribution in [0.25, 0.3) is 0 Å². The number of carbonyl (C=O) groups excluding carboxylic acids is 1. The molecule has 1 aliphatic rings. The van der Waals surface area contributed by atoms with Crippen molar-refractivity contribution in [3.8, 4) is 0 Å². The van der Waals surface area contributed by atoms with Gasteiger partial charge in [-0.25, -0.2) is 8.78 Å². The Kier molecular flexibility index (Phi) is 4.20. The standard InChI is InChI=1S/C16H16F2N2O2/c17-13-4-1-3-12(15(13)18)11-19-6-8-20(9-7-19)16(21)14-5-2-10-22-14/h1-5,10H,6-9,11H2. The number of piperazine rings is 1. The highest BCUT2D eigenvalue weighted by atomic mass is 19.2. The molecule has 6 heteroatoms. The molecular formula is C16H16F2N2O2. The lowest BCUT2D eigenvalue weighted by Gasteiger charge is -2.34. The zero-order chi connectivity index (χ0) is 15.5. The highest BCUT2D eigenvalue weighted by molar-refractivity contribution is 5.91. The van der Waals surface area contributed by atoms with Gasteiger partial charge >= 0.3 is 0 Å². The highest BCUT2D eigenvalue weighted by Gasteiger charge is 2.24. The second-order valence-electron chi connectivity index (χ2n) is 5.26. The topological polar surface area (TPSA) is 36.7 Å². The van der Waals surface area contributed by atoms with Gasteiger partial charge in [0.1, 0.15) is 0 Å². The first-order valence-corrected chi connectivity index (χ1v) is 7.13. The molecule has 0 unspecified atom stereocenters. The van der Waals surface area contributed by atoms with Gasteiger partial charge in [-0.1, -0.05) is 12.1 Å². The van der Waals surface area contributed by atoms with Gasteiger partial charge in [-0.2, -0.15) is 0 Å². The molecule has 3 rings (SSSR count). The summed E-state index contributed by atoms with van der Waals surface area (Å²) in [5, 5.41) is 0. The smallest absolute Gasteiger partial charge is 0.289 e. The van der Waals surface area contributed by atoms with Gasteiger partial charge < -0.3 is 9.32 Å². The fourth-order valence-electron chi connectivity index (χ4n) is 2.58. The van der Waals surface area contributed by atoms with Crippen LogP contribution in [0.2, 0.25) is 0 Å². The summed E-state index contributed by atoms with van der Waals surface area (Å²) in [4.78, 5) is 15.8. The molecule has 1 aromatic carbocycles. The SMILES string of the molecule is O=C(c1ccco1)N1CCN(Cc2cccc(F)c2F)CC1. The van der Waals surface area contributed by atoms with E-state index in [-0.39, 0.29) is 5.91 Å². The maximum Gasteiger partial charge on any atom is 0.289 e. The fraction of sp³-hybridized carbons (Fsp3) is 0.312. The maximum absolute atomic E-state index is 13.7. The molecule has 4 nitrogen and oxygen atoms in total. The van der Waals surface area contributed by atoms with Crippen molar-refractivity contribution in [2.45, 2.75) is 6.54 Å². The Hall–Kier alpha value is -2.21. The third kappa shape index (κ3) is 3.01. The molecule has 0 spiro atoms. The summed E-state index contributed by atoms with van der Waals surface area (Å²) in [5.74, 6) is -1.44. The summed E-state index contributed by atoms with van der Waals surface area (Å²) in [6.45, 7) is 2.64. The number of nitrogens with zero attached hydrogens (tertiary/aromatic N) is 2. The molecule has 0 bridgehead atoms. The van der Waals surface area contributed by atoms with Gasteiger partial charge in [0.2, 0.25) is 0 Å². The van der Waals surface area contributed by atoms with Crippen LogP contribution in [0.15, 0.2) is 41.0 Å². The minimum Gasteiger partial charge on any atom is -0.459 e. The second-order valence-corrected chi connectivity index (χ2v) is 5.26. The van der Waals surface area contributed by atoms with Gasteiger partial charge in [-0.05, 0) is 18.2 Å². The lowest BCUT2D eigenvalue weighted by molar-refractivity contribution is 0.0596. The van der Waals surface area contributed by atoms with Crippen LogP contribution in [-0.2, 0) is 6.54 Å². The van der Waals surface area contributed by atoms with Crippen molar-refractivity contribution in [3.05, 3.63) is 59.6 Å². The summed E-state index contributed by atoms with van der Waals surface area (Å²) >= 11 is 0. The van der Waals surface area contributed by atoms with E-state index in [1.165, 1.54) is 12.3 Å². The predicted molar refractivity (Wildman–Crippen MR) is 76.2 cm³/mol. The van der Waals surface area contributed by atoms with Crippen LogP contribution in [0.1, 0.15) is 16.1 Å². The summed E-state index contributed by atoms with van der Waals surface area (Å²) in [7, 11) is 0. The average Bonchev–Trinajstić information content (AvgIpc) is 3.06. The molecule has 0 atom stereocenters. The largest absolute Gasteiger partial charge is 0.459 e. The van der Waals surface area contributed by atoms with E-state index in [2.05, 4.69) is 0 Å². The van der Waals surface area contributed by atoms with Crippen molar-refractivity contribution < 1.29 is 18.0 Å². The van der Waals surface area contributed by atoms with E-state index >= 15 is 0 Å². The molecule has 1 fully saturated rings. The second kappa shape index (κ2) is 6.27. The van der Waals surface area contributed by atoms with Crippen molar-refractivity contribution in [2.24, 2.45) is 0 Å². The molecule has 1 aromatic heterocycles. The molecule has 0 aliphatic carbocycles. The van der Waals surface area contributed by atoms with Crippen LogP contribution in [0.5, 0.6) is 0 Å². The summed E-state index contributed by atoms with van der Waals surface area (Å²) in [5.41, 5.74) is 0.339. The van der Waals surface area contributed by atoms with E-state index in [1.54, 1.807) is 23.1 Å². The third-order valence-corrected chi connectivity index (χ3v) is 3.82. The van der Waals surface area contributed by atoms with Crippen LogP contribution < -0.4 is 0 Å². The lowest BCUT2D eigenvalue weighted by Crippen LogP contribution is -2.48. The van der Waals surface area contributed by atoms with Crippen molar-refractivity contribution in [2.75, 3.05) is 26.2 Å². The van der Waals surface area contributed by atoms with E-state index in [4.69, 9.17) is 4.42 Å². The van der Waals surface area contributed by atoms with Gasteiger partial charge in [0.25, 0.3) is 5.91 Å². The lowest BCUT2D eigenvalue weighted by atomic mass is 10.1. The first-order valence-electron chi connectivity index (χ1n) is 7.13. The minimum absolute atomic E-state index is 0.137. The number of carbonyl (C=O) groups is 1. The van der Waals surface area contributed by atoms with Gasteiger partial charge in [0, 0.05) is 38.3 Å². The quantitative estimate of drug-likeness (QED) is 0.874. The van der Waals surface area contributed by atoms with Gasteiger partial charge in [-0.3, -0.25) is 9.69 Å². The van der Waals surface area contributed by atoms with Crippen LogP contribution in [-0.4, -0.2) is 41.9 Å². The fourth-order valence-corrected chi connectivity index (χ4v) is 2.58. The van der Waals surface area contributed by atoms with Gasteiger partial charge in [0.15, 0.2) is 17.4 Å². The number of amides is 1. The Morgan fingerprint density at radius 3 is 2.55 bits per heavy atom. The Bertz CT molecular complexity index is 650. The molecule has 1 saturated heterocycles. The van der Waals surface area contributed by atoms with E-state index < -0.39 is 11.6 Å². The zero-order valence-electron chi connectivity index (χ0n) is 12.0. The number of hydrogen-bond donors (Lipinski definition) is 0. The number of hydrogen-bond acceptors (Lipinski definition) is 3. The molecule has 1 aliphatic heterocycles. The van der Waals surface area contributed by atoms with Crippen LogP contribution in [0, 0.1) is 11.6 Å².